The average molecular weight is 424 g/mol. The quantitative estimate of drug-likeness (QED) is 0.785. The van der Waals surface area contributed by atoms with Crippen LogP contribution in [0.3, 0.4) is 0 Å². The molecule has 28 heavy (non-hydrogen) atoms. The molecule has 0 spiro atoms. The molecule has 1 aliphatic carbocycles. The van der Waals surface area contributed by atoms with Crippen molar-refractivity contribution in [2.45, 2.75) is 31.8 Å². The van der Waals surface area contributed by atoms with Crippen molar-refractivity contribution in [1.82, 2.24) is 9.88 Å². The minimum Gasteiger partial charge on any atom is -0.495 e. The molecule has 0 radical (unpaired) electrons. The van der Waals surface area contributed by atoms with E-state index in [0.717, 1.165) is 22.2 Å². The van der Waals surface area contributed by atoms with Gasteiger partial charge in [0.05, 0.1) is 29.4 Å². The van der Waals surface area contributed by atoms with Gasteiger partial charge in [0.25, 0.3) is 0 Å². The van der Waals surface area contributed by atoms with Gasteiger partial charge in [0.2, 0.25) is 11.8 Å². The normalized spacial score (nSPS) is 23.0. The number of rotatable bonds is 4. The molecule has 4 rings (SSSR count). The largest absolute Gasteiger partial charge is 0.495 e. The summed E-state index contributed by atoms with van der Waals surface area (Å²) >= 11 is 12.8. The van der Waals surface area contributed by atoms with E-state index in [-0.39, 0.29) is 39.7 Å². The zero-order valence-electron chi connectivity index (χ0n) is 15.3. The van der Waals surface area contributed by atoms with E-state index >= 15 is 0 Å². The summed E-state index contributed by atoms with van der Waals surface area (Å²) in [5.74, 6) is -0.717. The number of benzene rings is 1. The Kier molecular flexibility index (Phi) is 4.64. The van der Waals surface area contributed by atoms with E-state index in [1.807, 2.05) is 6.92 Å². The summed E-state index contributed by atoms with van der Waals surface area (Å²) < 4.78 is 5.34. The molecule has 148 valence electrons. The Bertz CT molecular complexity index is 1030. The molecule has 2 aliphatic rings. The number of aromatic nitrogens is 1. The van der Waals surface area contributed by atoms with Crippen molar-refractivity contribution in [3.05, 3.63) is 32.9 Å². The van der Waals surface area contributed by atoms with Crippen molar-refractivity contribution < 1.29 is 19.4 Å². The maximum atomic E-state index is 12.3. The molecular weight excluding hydrogens is 405 g/mol. The fourth-order valence-electron chi connectivity index (χ4n) is 4.16. The number of hydrogen-bond donors (Lipinski definition) is 2. The Labute approximate surface area is 171 Å². The maximum absolute atomic E-state index is 12.3. The average Bonchev–Trinajstić information content (AvgIpc) is 3.40. The number of aliphatic hydroxyl groups excluding tert-OH is 1. The van der Waals surface area contributed by atoms with Crippen LogP contribution >= 0.6 is 23.2 Å². The van der Waals surface area contributed by atoms with Crippen molar-refractivity contribution in [2.75, 3.05) is 13.7 Å². The monoisotopic (exact) mass is 423 g/mol. The first-order valence-electron chi connectivity index (χ1n) is 8.88. The summed E-state index contributed by atoms with van der Waals surface area (Å²) in [6.07, 6.45) is 0.615. The van der Waals surface area contributed by atoms with Gasteiger partial charge in [-0.25, -0.2) is 0 Å². The lowest BCUT2D eigenvalue weighted by atomic mass is 9.96. The standard InChI is InChI=1S/C19H19Cl2N3O4/c1-7-14-10-4-12(28-2)15(20)16(21)18(10)23-17(8-3-9(8)19(22)27)11(14)5-24(7)13(26)6-25/h4,7-9,25H,3,5-6H2,1-2H3,(H2,22,27)/t7-,8?,9?/m0/s1. The number of methoxy groups -OCH3 is 1. The number of nitrogens with zero attached hydrogens (tertiary/aromatic N) is 2. The van der Waals surface area contributed by atoms with Crippen LogP contribution in [0.1, 0.15) is 42.1 Å². The molecular formula is C19H19Cl2N3O4. The third kappa shape index (κ3) is 2.72. The van der Waals surface area contributed by atoms with Crippen LogP contribution in [0.25, 0.3) is 10.9 Å². The van der Waals surface area contributed by atoms with Crippen LogP contribution in [0.5, 0.6) is 5.75 Å². The molecule has 2 heterocycles. The lowest BCUT2D eigenvalue weighted by Gasteiger charge is -2.21. The molecule has 0 bridgehead atoms. The van der Waals surface area contributed by atoms with Crippen molar-refractivity contribution in [3.63, 3.8) is 0 Å². The van der Waals surface area contributed by atoms with E-state index in [1.165, 1.54) is 7.11 Å². The van der Waals surface area contributed by atoms with E-state index in [2.05, 4.69) is 0 Å². The number of fused-ring (bicyclic) bond motifs is 3. The number of carbonyl (C=O) groups is 2. The van der Waals surface area contributed by atoms with E-state index in [1.54, 1.807) is 11.0 Å². The number of carbonyl (C=O) groups excluding carboxylic acids is 2. The summed E-state index contributed by atoms with van der Waals surface area (Å²) in [6, 6.07) is 1.47. The highest BCUT2D eigenvalue weighted by molar-refractivity contribution is 6.46. The summed E-state index contributed by atoms with van der Waals surface area (Å²) in [5, 5.41) is 10.6. The molecule has 1 saturated carbocycles. The molecule has 1 aliphatic heterocycles. The van der Waals surface area contributed by atoms with Gasteiger partial charge in [-0.15, -0.1) is 0 Å². The Hall–Kier alpha value is -2.09. The third-order valence-electron chi connectivity index (χ3n) is 5.70. The first-order chi connectivity index (χ1) is 13.3. The highest BCUT2D eigenvalue weighted by atomic mass is 35.5. The second kappa shape index (κ2) is 6.76. The number of aliphatic hydroxyl groups is 1. The summed E-state index contributed by atoms with van der Waals surface area (Å²) in [6.45, 7) is 1.61. The number of halogens is 2. The topological polar surface area (TPSA) is 106 Å². The summed E-state index contributed by atoms with van der Waals surface area (Å²) in [4.78, 5) is 30.2. The molecule has 3 N–H and O–H groups in total. The molecule has 2 amide bonds. The number of ether oxygens (including phenoxy) is 1. The van der Waals surface area contributed by atoms with Gasteiger partial charge in [0.1, 0.15) is 17.4 Å². The minimum atomic E-state index is -0.581. The van der Waals surface area contributed by atoms with Crippen LogP contribution in [0.2, 0.25) is 10.0 Å². The van der Waals surface area contributed by atoms with Crippen molar-refractivity contribution in [2.24, 2.45) is 11.7 Å². The van der Waals surface area contributed by atoms with Gasteiger partial charge in [0.15, 0.2) is 0 Å². The van der Waals surface area contributed by atoms with Gasteiger partial charge in [-0.2, -0.15) is 0 Å². The number of pyridine rings is 1. The van der Waals surface area contributed by atoms with Crippen molar-refractivity contribution in [3.8, 4) is 5.75 Å². The summed E-state index contributed by atoms with van der Waals surface area (Å²) in [7, 11) is 1.50. The first kappa shape index (κ1) is 19.2. The van der Waals surface area contributed by atoms with Gasteiger partial charge in [-0.1, -0.05) is 23.2 Å². The SMILES string of the molecule is COc1cc2c3c(c(C4CC4C(N)=O)nc2c(Cl)c1Cl)CN(C(=O)CO)[C@H]3C. The van der Waals surface area contributed by atoms with Crippen LogP contribution in [0.4, 0.5) is 0 Å². The Morgan fingerprint density at radius 1 is 1.39 bits per heavy atom. The fourth-order valence-corrected chi connectivity index (χ4v) is 4.62. The third-order valence-corrected chi connectivity index (χ3v) is 6.54. The Morgan fingerprint density at radius 3 is 2.68 bits per heavy atom. The van der Waals surface area contributed by atoms with Gasteiger partial charge in [-0.3, -0.25) is 14.6 Å². The Morgan fingerprint density at radius 2 is 2.11 bits per heavy atom. The summed E-state index contributed by atoms with van der Waals surface area (Å²) in [5.41, 5.74) is 8.44. The zero-order valence-corrected chi connectivity index (χ0v) is 16.8. The highest BCUT2D eigenvalue weighted by Gasteiger charge is 2.47. The molecule has 9 heteroatoms. The van der Waals surface area contributed by atoms with E-state index in [0.29, 0.717) is 24.2 Å². The van der Waals surface area contributed by atoms with Crippen molar-refractivity contribution in [1.29, 1.82) is 0 Å². The maximum Gasteiger partial charge on any atom is 0.249 e. The number of primary amides is 1. The van der Waals surface area contributed by atoms with Gasteiger partial charge >= 0.3 is 0 Å². The Balaban J connectivity index is 1.99. The first-order valence-corrected chi connectivity index (χ1v) is 9.63. The van der Waals surface area contributed by atoms with Crippen molar-refractivity contribution >= 4 is 45.9 Å². The van der Waals surface area contributed by atoms with Crippen LogP contribution in [-0.4, -0.2) is 40.5 Å². The molecule has 0 saturated heterocycles. The second-order valence-corrected chi connectivity index (χ2v) is 7.95. The highest BCUT2D eigenvalue weighted by Crippen LogP contribution is 2.53. The molecule has 7 nitrogen and oxygen atoms in total. The predicted molar refractivity (Wildman–Crippen MR) is 104 cm³/mol. The van der Waals surface area contributed by atoms with Crippen LogP contribution in [0.15, 0.2) is 6.07 Å². The molecule has 1 fully saturated rings. The lowest BCUT2D eigenvalue weighted by Crippen LogP contribution is -2.30. The number of nitrogens with two attached hydrogens (primary N) is 1. The van der Waals surface area contributed by atoms with Gasteiger partial charge < -0.3 is 20.5 Å². The van der Waals surface area contributed by atoms with Crippen LogP contribution in [-0.2, 0) is 16.1 Å². The molecule has 2 aromatic rings. The minimum absolute atomic E-state index is 0.107. The molecule has 3 atom stereocenters. The molecule has 1 aromatic carbocycles. The fraction of sp³-hybridized carbons (Fsp3) is 0.421. The van der Waals surface area contributed by atoms with E-state index in [9.17, 15) is 14.7 Å². The van der Waals surface area contributed by atoms with Gasteiger partial charge in [-0.05, 0) is 30.5 Å². The van der Waals surface area contributed by atoms with E-state index < -0.39 is 6.61 Å². The number of hydrogen-bond acceptors (Lipinski definition) is 5. The zero-order chi connectivity index (χ0) is 20.3. The van der Waals surface area contributed by atoms with E-state index in [4.69, 9.17) is 38.7 Å². The van der Waals surface area contributed by atoms with Crippen LogP contribution in [0, 0.1) is 5.92 Å². The predicted octanol–water partition coefficient (Wildman–Crippen LogP) is 2.53. The van der Waals surface area contributed by atoms with Crippen LogP contribution < -0.4 is 10.5 Å². The molecule has 1 aromatic heterocycles. The number of amides is 2. The molecule has 2 unspecified atom stereocenters. The smallest absolute Gasteiger partial charge is 0.249 e. The lowest BCUT2D eigenvalue weighted by molar-refractivity contribution is -0.136. The second-order valence-electron chi connectivity index (χ2n) is 7.20. The van der Waals surface area contributed by atoms with Gasteiger partial charge in [0, 0.05) is 23.8 Å².